The van der Waals surface area contributed by atoms with E-state index in [1.165, 1.54) is 18.9 Å². The Bertz CT molecular complexity index is 1080. The molecule has 7 nitrogen and oxygen atoms in total. The Morgan fingerprint density at radius 2 is 1.94 bits per heavy atom. The summed E-state index contributed by atoms with van der Waals surface area (Å²) >= 11 is 0. The zero-order chi connectivity index (χ0) is 21.2. The lowest BCUT2D eigenvalue weighted by atomic mass is 9.91. The number of nitrogens with zero attached hydrogens (tertiary/aromatic N) is 5. The second-order valence-corrected chi connectivity index (χ2v) is 8.20. The van der Waals surface area contributed by atoms with Crippen LogP contribution in [0, 0.1) is 5.82 Å². The van der Waals surface area contributed by atoms with Crippen LogP contribution in [0.5, 0.6) is 0 Å². The summed E-state index contributed by atoms with van der Waals surface area (Å²) in [6.45, 7) is 3.11. The molecule has 1 unspecified atom stereocenters. The highest BCUT2D eigenvalue weighted by Crippen LogP contribution is 2.33. The Kier molecular flexibility index (Phi) is 5.36. The molecule has 2 aromatic heterocycles. The predicted octanol–water partition coefficient (Wildman–Crippen LogP) is 3.63. The number of anilines is 1. The van der Waals surface area contributed by atoms with Gasteiger partial charge in [0.05, 0.1) is 17.5 Å². The lowest BCUT2D eigenvalue weighted by Crippen LogP contribution is -2.39. The number of halogens is 1. The first-order chi connectivity index (χ1) is 15.2. The third-order valence-corrected chi connectivity index (χ3v) is 6.20. The van der Waals surface area contributed by atoms with E-state index in [-0.39, 0.29) is 17.4 Å². The molecule has 0 saturated carbocycles. The smallest absolute Gasteiger partial charge is 0.256 e. The van der Waals surface area contributed by atoms with Gasteiger partial charge in [-0.3, -0.25) is 9.89 Å². The molecule has 1 aromatic carbocycles. The van der Waals surface area contributed by atoms with Gasteiger partial charge in [-0.15, -0.1) is 0 Å². The monoisotopic (exact) mass is 420 g/mol. The van der Waals surface area contributed by atoms with Crippen LogP contribution in [0.1, 0.15) is 47.7 Å². The molecule has 0 bridgehead atoms. The second kappa shape index (κ2) is 8.45. The van der Waals surface area contributed by atoms with E-state index in [1.807, 2.05) is 6.07 Å². The molecule has 3 aromatic rings. The van der Waals surface area contributed by atoms with Crippen LogP contribution in [0.4, 0.5) is 10.3 Å². The van der Waals surface area contributed by atoms with Gasteiger partial charge in [-0.2, -0.15) is 5.10 Å². The van der Waals surface area contributed by atoms with Crippen LogP contribution in [-0.4, -0.2) is 57.2 Å². The Morgan fingerprint density at radius 1 is 1.10 bits per heavy atom. The number of H-pyrrole nitrogens is 1. The molecule has 1 atom stereocenters. The van der Waals surface area contributed by atoms with Gasteiger partial charge < -0.3 is 9.80 Å². The predicted molar refractivity (Wildman–Crippen MR) is 115 cm³/mol. The Balaban J connectivity index is 1.38. The molecule has 160 valence electrons. The average Bonchev–Trinajstić information content (AvgIpc) is 3.52. The largest absolute Gasteiger partial charge is 0.341 e. The van der Waals surface area contributed by atoms with Crippen molar-refractivity contribution in [2.24, 2.45) is 0 Å². The number of hydrogen-bond acceptors (Lipinski definition) is 5. The molecule has 8 heteroatoms. The molecule has 0 aliphatic carbocycles. The normalized spacial score (nSPS) is 19.1. The molecule has 31 heavy (non-hydrogen) atoms. The van der Waals surface area contributed by atoms with Gasteiger partial charge >= 0.3 is 0 Å². The Labute approximate surface area is 180 Å². The highest BCUT2D eigenvalue weighted by atomic mass is 19.1. The molecule has 0 spiro atoms. The molecule has 5 rings (SSSR count). The van der Waals surface area contributed by atoms with E-state index in [2.05, 4.69) is 20.1 Å². The van der Waals surface area contributed by atoms with Crippen LogP contribution >= 0.6 is 0 Å². The molecule has 2 aliphatic heterocycles. The van der Waals surface area contributed by atoms with Crippen LogP contribution in [0.2, 0.25) is 0 Å². The van der Waals surface area contributed by atoms with Crippen molar-refractivity contribution in [1.82, 2.24) is 25.1 Å². The number of amides is 1. The number of benzene rings is 1. The van der Waals surface area contributed by atoms with E-state index < -0.39 is 5.82 Å². The minimum absolute atomic E-state index is 0.0900. The van der Waals surface area contributed by atoms with Gasteiger partial charge in [0, 0.05) is 49.6 Å². The Hall–Kier alpha value is -3.29. The number of hydrogen-bond donors (Lipinski definition) is 1. The minimum atomic E-state index is -0.479. The van der Waals surface area contributed by atoms with Crippen molar-refractivity contribution in [3.05, 3.63) is 59.8 Å². The first-order valence-corrected chi connectivity index (χ1v) is 10.9. The summed E-state index contributed by atoms with van der Waals surface area (Å²) in [7, 11) is 0. The summed E-state index contributed by atoms with van der Waals surface area (Å²) < 4.78 is 14.1. The molecule has 2 saturated heterocycles. The van der Waals surface area contributed by atoms with E-state index >= 15 is 0 Å². The van der Waals surface area contributed by atoms with E-state index in [0.29, 0.717) is 13.1 Å². The molecule has 1 N–H and O–H groups in total. The van der Waals surface area contributed by atoms with Gasteiger partial charge in [-0.05, 0) is 43.9 Å². The van der Waals surface area contributed by atoms with E-state index in [0.717, 1.165) is 48.8 Å². The van der Waals surface area contributed by atoms with Crippen molar-refractivity contribution in [2.45, 2.75) is 31.6 Å². The van der Waals surface area contributed by atoms with Gasteiger partial charge in [0.25, 0.3) is 5.91 Å². The maximum Gasteiger partial charge on any atom is 0.256 e. The van der Waals surface area contributed by atoms with Crippen LogP contribution in [0.15, 0.2) is 42.7 Å². The van der Waals surface area contributed by atoms with Crippen molar-refractivity contribution < 1.29 is 9.18 Å². The molecule has 0 radical (unpaired) electrons. The van der Waals surface area contributed by atoms with Crippen molar-refractivity contribution in [3.8, 4) is 11.3 Å². The van der Waals surface area contributed by atoms with Crippen LogP contribution in [-0.2, 0) is 0 Å². The number of carbonyl (C=O) groups is 1. The zero-order valence-corrected chi connectivity index (χ0v) is 17.3. The number of piperidine rings is 1. The third-order valence-electron chi connectivity index (χ3n) is 6.20. The van der Waals surface area contributed by atoms with E-state index in [1.54, 1.807) is 35.5 Å². The SMILES string of the molecule is O=C(c1ccccc1F)N1CCCC(c2[nH]ncc2-c2ccnc(N3CCCC3)n2)C1. The maximum absolute atomic E-state index is 14.1. The van der Waals surface area contributed by atoms with Crippen molar-refractivity contribution in [3.63, 3.8) is 0 Å². The Morgan fingerprint density at radius 3 is 2.77 bits per heavy atom. The first kappa shape index (κ1) is 19.7. The van der Waals surface area contributed by atoms with Gasteiger partial charge in [-0.1, -0.05) is 12.1 Å². The number of aromatic amines is 1. The molecule has 2 fully saturated rings. The topological polar surface area (TPSA) is 78.0 Å². The quantitative estimate of drug-likeness (QED) is 0.697. The lowest BCUT2D eigenvalue weighted by molar-refractivity contribution is 0.0701. The summed E-state index contributed by atoms with van der Waals surface area (Å²) in [5, 5.41) is 7.42. The zero-order valence-electron chi connectivity index (χ0n) is 17.3. The highest BCUT2D eigenvalue weighted by Gasteiger charge is 2.29. The summed E-state index contributed by atoms with van der Waals surface area (Å²) in [5.41, 5.74) is 2.86. The van der Waals surface area contributed by atoms with Crippen LogP contribution in [0.25, 0.3) is 11.3 Å². The number of nitrogens with one attached hydrogen (secondary N) is 1. The summed E-state index contributed by atoms with van der Waals surface area (Å²) in [4.78, 5) is 26.1. The third kappa shape index (κ3) is 3.89. The summed E-state index contributed by atoms with van der Waals surface area (Å²) in [5.74, 6) is 0.101. The minimum Gasteiger partial charge on any atom is -0.341 e. The summed E-state index contributed by atoms with van der Waals surface area (Å²) in [6, 6.07) is 8.06. The fourth-order valence-electron chi connectivity index (χ4n) is 4.58. The summed E-state index contributed by atoms with van der Waals surface area (Å²) in [6.07, 6.45) is 7.70. The van der Waals surface area contributed by atoms with Gasteiger partial charge in [0.1, 0.15) is 5.82 Å². The fraction of sp³-hybridized carbons (Fsp3) is 0.391. The molecular weight excluding hydrogens is 395 g/mol. The number of likely N-dealkylation sites (tertiary alicyclic amines) is 1. The van der Waals surface area contributed by atoms with Gasteiger partial charge in [0.15, 0.2) is 0 Å². The van der Waals surface area contributed by atoms with Gasteiger partial charge in [0.2, 0.25) is 5.95 Å². The number of rotatable bonds is 4. The van der Waals surface area contributed by atoms with Crippen molar-refractivity contribution in [2.75, 3.05) is 31.1 Å². The number of aromatic nitrogens is 4. The molecule has 4 heterocycles. The first-order valence-electron chi connectivity index (χ1n) is 10.9. The average molecular weight is 420 g/mol. The fourth-order valence-corrected chi connectivity index (χ4v) is 4.58. The van der Waals surface area contributed by atoms with E-state index in [4.69, 9.17) is 4.98 Å². The number of carbonyl (C=O) groups excluding carboxylic acids is 1. The van der Waals surface area contributed by atoms with E-state index in [9.17, 15) is 9.18 Å². The van der Waals surface area contributed by atoms with Crippen LogP contribution in [0.3, 0.4) is 0 Å². The van der Waals surface area contributed by atoms with Crippen LogP contribution < -0.4 is 4.90 Å². The van der Waals surface area contributed by atoms with Crippen molar-refractivity contribution >= 4 is 11.9 Å². The van der Waals surface area contributed by atoms with Gasteiger partial charge in [-0.25, -0.2) is 14.4 Å². The molecular formula is C23H25FN6O. The second-order valence-electron chi connectivity index (χ2n) is 8.20. The van der Waals surface area contributed by atoms with Crippen molar-refractivity contribution in [1.29, 1.82) is 0 Å². The maximum atomic E-state index is 14.1. The standard InChI is InChI=1S/C23H25FN6O/c24-19-8-2-1-7-17(19)22(31)30-13-5-6-16(15-30)21-18(14-26-28-21)20-9-10-25-23(27-20)29-11-3-4-12-29/h1-2,7-10,14,16H,3-6,11-13,15H2,(H,26,28). The molecule has 2 aliphatic rings. The lowest BCUT2D eigenvalue weighted by Gasteiger charge is -2.33. The molecule has 1 amide bonds. The highest BCUT2D eigenvalue weighted by molar-refractivity contribution is 5.94.